The molecular formula is C16H16Cl2N6O5. The van der Waals surface area contributed by atoms with E-state index in [0.29, 0.717) is 19.6 Å². The maximum Gasteiger partial charge on any atom is 0.317 e. The number of aromatic nitrogens is 2. The van der Waals surface area contributed by atoms with Crippen molar-refractivity contribution in [3.8, 4) is 5.75 Å². The fourth-order valence-electron chi connectivity index (χ4n) is 2.95. The monoisotopic (exact) mass is 442 g/mol. The first kappa shape index (κ1) is 21.0. The Morgan fingerprint density at radius 1 is 1.03 bits per heavy atom. The molecule has 0 aliphatic carbocycles. The van der Waals surface area contributed by atoms with Gasteiger partial charge in [0.1, 0.15) is 6.61 Å². The topological polar surface area (TPSA) is 128 Å². The second kappa shape index (κ2) is 9.16. The molecular weight excluding hydrogens is 427 g/mol. The predicted octanol–water partition coefficient (Wildman–Crippen LogP) is 2.80. The minimum absolute atomic E-state index is 0.00326. The van der Waals surface area contributed by atoms with Crippen molar-refractivity contribution in [3.05, 3.63) is 54.8 Å². The first-order chi connectivity index (χ1) is 13.8. The second-order valence-corrected chi connectivity index (χ2v) is 6.93. The number of hydrogen-bond acceptors (Lipinski definition) is 9. The maximum atomic E-state index is 11.1. The van der Waals surface area contributed by atoms with Crippen LogP contribution in [0.5, 0.6) is 5.75 Å². The number of non-ortho nitro benzene ring substituents is 1. The number of hydrogen-bond donors (Lipinski definition) is 0. The lowest BCUT2D eigenvalue weighted by atomic mass is 10.2. The van der Waals surface area contributed by atoms with E-state index in [9.17, 15) is 20.2 Å². The molecule has 0 N–H and O–H groups in total. The van der Waals surface area contributed by atoms with E-state index in [1.54, 1.807) is 6.07 Å². The predicted molar refractivity (Wildman–Crippen MR) is 106 cm³/mol. The van der Waals surface area contributed by atoms with Crippen LogP contribution in [0.15, 0.2) is 24.3 Å². The lowest BCUT2D eigenvalue weighted by molar-refractivity contribution is -0.394. The van der Waals surface area contributed by atoms with Crippen molar-refractivity contribution < 1.29 is 14.6 Å². The summed E-state index contributed by atoms with van der Waals surface area (Å²) in [6, 6.07) is 4.99. The summed E-state index contributed by atoms with van der Waals surface area (Å²) in [6.45, 7) is 3.59. The zero-order chi connectivity index (χ0) is 21.0. The maximum absolute atomic E-state index is 11.1. The Balaban J connectivity index is 1.53. The zero-order valence-electron chi connectivity index (χ0n) is 15.0. The number of anilines is 1. The Hall–Kier alpha value is -2.76. The number of nitro groups is 2. The third-order valence-corrected chi connectivity index (χ3v) is 4.88. The number of piperazine rings is 1. The number of ether oxygens (including phenoxy) is 1. The molecule has 3 rings (SSSR count). The van der Waals surface area contributed by atoms with Crippen molar-refractivity contribution in [1.82, 2.24) is 15.1 Å². The van der Waals surface area contributed by atoms with Crippen molar-refractivity contribution in [1.29, 1.82) is 0 Å². The van der Waals surface area contributed by atoms with Crippen LogP contribution in [0.2, 0.25) is 10.3 Å². The van der Waals surface area contributed by atoms with Gasteiger partial charge >= 0.3 is 5.69 Å². The van der Waals surface area contributed by atoms with Gasteiger partial charge in [-0.25, -0.2) is 0 Å². The Labute approximate surface area is 175 Å². The standard InChI is InChI=1S/C16H16Cl2N6O5/c17-15-10-13(16(18)20-19-15)22-5-3-21(4-6-22)7-8-29-14-2-1-11(23(25)26)9-12(14)24(27)28/h1-2,9-10H,3-8H2. The summed E-state index contributed by atoms with van der Waals surface area (Å²) in [5.74, 6) is 0.00326. The van der Waals surface area contributed by atoms with E-state index >= 15 is 0 Å². The largest absolute Gasteiger partial charge is 0.485 e. The lowest BCUT2D eigenvalue weighted by Crippen LogP contribution is -2.47. The summed E-state index contributed by atoms with van der Waals surface area (Å²) in [5.41, 5.74) is -0.0608. The molecule has 0 unspecified atom stereocenters. The number of nitrogens with zero attached hydrogens (tertiary/aromatic N) is 6. The number of nitro benzene ring substituents is 2. The molecule has 13 heteroatoms. The molecule has 154 valence electrons. The molecule has 1 aliphatic rings. The van der Waals surface area contributed by atoms with Gasteiger partial charge in [-0.2, -0.15) is 0 Å². The molecule has 0 saturated carbocycles. The van der Waals surface area contributed by atoms with Gasteiger partial charge < -0.3 is 9.64 Å². The fraction of sp³-hybridized carbons (Fsp3) is 0.375. The van der Waals surface area contributed by atoms with Gasteiger partial charge in [0.15, 0.2) is 16.1 Å². The van der Waals surface area contributed by atoms with Crippen LogP contribution in [-0.2, 0) is 0 Å². The highest BCUT2D eigenvalue weighted by Gasteiger charge is 2.22. The highest BCUT2D eigenvalue weighted by Crippen LogP contribution is 2.31. The first-order valence-corrected chi connectivity index (χ1v) is 9.32. The molecule has 1 fully saturated rings. The van der Waals surface area contributed by atoms with Gasteiger partial charge in [0, 0.05) is 44.9 Å². The Morgan fingerprint density at radius 3 is 2.41 bits per heavy atom. The average molecular weight is 443 g/mol. The number of benzene rings is 1. The van der Waals surface area contributed by atoms with E-state index in [2.05, 4.69) is 20.0 Å². The van der Waals surface area contributed by atoms with Crippen molar-refractivity contribution in [2.45, 2.75) is 0 Å². The molecule has 0 amide bonds. The van der Waals surface area contributed by atoms with Crippen LogP contribution in [0, 0.1) is 20.2 Å². The molecule has 0 bridgehead atoms. The average Bonchev–Trinajstić information content (AvgIpc) is 2.70. The van der Waals surface area contributed by atoms with E-state index < -0.39 is 15.5 Å². The van der Waals surface area contributed by atoms with Gasteiger partial charge in [0.25, 0.3) is 5.69 Å². The number of halogens is 2. The summed E-state index contributed by atoms with van der Waals surface area (Å²) in [7, 11) is 0. The Kier molecular flexibility index (Phi) is 6.62. The molecule has 0 spiro atoms. The van der Waals surface area contributed by atoms with E-state index in [1.165, 1.54) is 12.1 Å². The van der Waals surface area contributed by atoms with E-state index in [0.717, 1.165) is 24.8 Å². The van der Waals surface area contributed by atoms with Crippen LogP contribution < -0.4 is 9.64 Å². The summed E-state index contributed by atoms with van der Waals surface area (Å²) in [5, 5.41) is 30.0. The van der Waals surface area contributed by atoms with E-state index in [4.69, 9.17) is 27.9 Å². The molecule has 11 nitrogen and oxygen atoms in total. The minimum Gasteiger partial charge on any atom is -0.485 e. The minimum atomic E-state index is -0.696. The Bertz CT molecular complexity index is 923. The third-order valence-electron chi connectivity index (χ3n) is 4.43. The summed E-state index contributed by atoms with van der Waals surface area (Å²) in [4.78, 5) is 24.7. The molecule has 0 radical (unpaired) electrons. The lowest BCUT2D eigenvalue weighted by Gasteiger charge is -2.36. The molecule has 2 heterocycles. The first-order valence-electron chi connectivity index (χ1n) is 8.57. The van der Waals surface area contributed by atoms with E-state index in [1.807, 2.05) is 0 Å². The van der Waals surface area contributed by atoms with Crippen LogP contribution in [-0.4, -0.2) is 64.3 Å². The highest BCUT2D eigenvalue weighted by molar-refractivity contribution is 6.33. The van der Waals surface area contributed by atoms with Crippen molar-refractivity contribution >= 4 is 40.3 Å². The van der Waals surface area contributed by atoms with Crippen molar-refractivity contribution in [2.24, 2.45) is 0 Å². The van der Waals surface area contributed by atoms with Crippen LogP contribution in [0.25, 0.3) is 0 Å². The van der Waals surface area contributed by atoms with Crippen molar-refractivity contribution in [2.75, 3.05) is 44.2 Å². The smallest absolute Gasteiger partial charge is 0.317 e. The van der Waals surface area contributed by atoms with Crippen LogP contribution >= 0.6 is 23.2 Å². The summed E-state index contributed by atoms with van der Waals surface area (Å²) >= 11 is 12.0. The normalized spacial score (nSPS) is 14.6. The van der Waals surface area contributed by atoms with E-state index in [-0.39, 0.29) is 28.3 Å². The quantitative estimate of drug-likeness (QED) is 0.469. The number of rotatable bonds is 7. The molecule has 1 aromatic heterocycles. The second-order valence-electron chi connectivity index (χ2n) is 6.19. The third kappa shape index (κ3) is 5.19. The molecule has 2 aromatic rings. The SMILES string of the molecule is O=[N+]([O-])c1ccc(OCCN2CCN(c3cc(Cl)nnc3Cl)CC2)c([N+](=O)[O-])c1. The summed E-state index contributed by atoms with van der Waals surface area (Å²) in [6.07, 6.45) is 0. The fourth-order valence-corrected chi connectivity index (χ4v) is 3.30. The molecule has 0 atom stereocenters. The van der Waals surface area contributed by atoms with Crippen LogP contribution in [0.4, 0.5) is 17.1 Å². The molecule has 1 aromatic carbocycles. The zero-order valence-corrected chi connectivity index (χ0v) is 16.5. The molecule has 1 aliphatic heterocycles. The molecule has 1 saturated heterocycles. The molecule has 29 heavy (non-hydrogen) atoms. The van der Waals surface area contributed by atoms with Gasteiger partial charge in [-0.3, -0.25) is 25.1 Å². The highest BCUT2D eigenvalue weighted by atomic mass is 35.5. The van der Waals surface area contributed by atoms with Gasteiger partial charge in [0.2, 0.25) is 0 Å². The summed E-state index contributed by atoms with van der Waals surface area (Å²) < 4.78 is 5.51. The van der Waals surface area contributed by atoms with Gasteiger partial charge in [-0.15, -0.1) is 10.2 Å². The Morgan fingerprint density at radius 2 is 1.76 bits per heavy atom. The van der Waals surface area contributed by atoms with Crippen LogP contribution in [0.1, 0.15) is 0 Å². The van der Waals surface area contributed by atoms with Crippen molar-refractivity contribution in [3.63, 3.8) is 0 Å². The van der Waals surface area contributed by atoms with Crippen LogP contribution in [0.3, 0.4) is 0 Å². The van der Waals surface area contributed by atoms with Gasteiger partial charge in [-0.05, 0) is 6.07 Å². The van der Waals surface area contributed by atoms with Gasteiger partial charge in [-0.1, -0.05) is 23.2 Å². The van der Waals surface area contributed by atoms with Gasteiger partial charge in [0.05, 0.1) is 21.6 Å².